The molecule has 0 aliphatic rings. The number of hydrogen-bond donors (Lipinski definition) is 1. The molecule has 7 heteroatoms. The van der Waals surface area contributed by atoms with Crippen LogP contribution in [0.2, 0.25) is 0 Å². The predicted octanol–water partition coefficient (Wildman–Crippen LogP) is 2.90. The lowest BCUT2D eigenvalue weighted by Gasteiger charge is -2.06. The summed E-state index contributed by atoms with van der Waals surface area (Å²) in [5.41, 5.74) is 0. The van der Waals surface area contributed by atoms with Gasteiger partial charge in [-0.1, -0.05) is 0 Å². The minimum absolute atomic E-state index is 0.0733. The number of carbonyl (C=O) groups excluding carboxylic acids is 1. The minimum atomic E-state index is -4.09. The lowest BCUT2D eigenvalue weighted by atomic mass is 10.3. The predicted molar refractivity (Wildman–Crippen MR) is 67.0 cm³/mol. The fraction of sp³-hybridized carbons (Fsp3) is 0.583. The van der Waals surface area contributed by atoms with Gasteiger partial charge in [0.25, 0.3) is 0 Å². The molecular weight excluding hydrogens is 279 g/mol. The average molecular weight is 295 g/mol. The molecule has 3 nitrogen and oxygen atoms in total. The SMILES string of the molecule is COC(=O)Cc1ccc(CNCCCC(F)(F)F)s1. The zero-order valence-electron chi connectivity index (χ0n) is 10.5. The highest BCUT2D eigenvalue weighted by atomic mass is 32.1. The molecule has 1 rings (SSSR count). The second-order valence-electron chi connectivity index (χ2n) is 4.02. The molecular formula is C12H16F3NO2S. The van der Waals surface area contributed by atoms with E-state index in [9.17, 15) is 18.0 Å². The Morgan fingerprint density at radius 3 is 2.68 bits per heavy atom. The van der Waals surface area contributed by atoms with Crippen LogP contribution in [0.1, 0.15) is 22.6 Å². The highest BCUT2D eigenvalue weighted by molar-refractivity contribution is 7.12. The van der Waals surface area contributed by atoms with Crippen molar-refractivity contribution in [3.05, 3.63) is 21.9 Å². The van der Waals surface area contributed by atoms with Crippen molar-refractivity contribution >= 4 is 17.3 Å². The van der Waals surface area contributed by atoms with Crippen LogP contribution in [0.4, 0.5) is 13.2 Å². The van der Waals surface area contributed by atoms with E-state index in [1.807, 2.05) is 12.1 Å². The third-order valence-corrected chi connectivity index (χ3v) is 3.46. The Labute approximate surface area is 113 Å². The molecule has 1 N–H and O–H groups in total. The molecule has 1 aromatic heterocycles. The van der Waals surface area contributed by atoms with Crippen LogP contribution in [0.25, 0.3) is 0 Å². The molecule has 0 radical (unpaired) electrons. The molecule has 0 saturated carbocycles. The zero-order valence-corrected chi connectivity index (χ0v) is 11.4. The molecule has 0 amide bonds. The molecule has 108 valence electrons. The summed E-state index contributed by atoms with van der Waals surface area (Å²) in [4.78, 5) is 12.9. The van der Waals surface area contributed by atoms with Gasteiger partial charge in [-0.05, 0) is 25.1 Å². The second-order valence-corrected chi connectivity index (χ2v) is 5.27. The van der Waals surface area contributed by atoms with Gasteiger partial charge in [-0.2, -0.15) is 13.2 Å². The summed E-state index contributed by atoms with van der Waals surface area (Å²) < 4.78 is 40.2. The lowest BCUT2D eigenvalue weighted by molar-refractivity contribution is -0.139. The molecule has 0 aromatic carbocycles. The molecule has 0 atom stereocenters. The molecule has 0 unspecified atom stereocenters. The van der Waals surface area contributed by atoms with Crippen molar-refractivity contribution in [1.29, 1.82) is 0 Å². The number of ether oxygens (including phenoxy) is 1. The number of thiophene rings is 1. The summed E-state index contributed by atoms with van der Waals surface area (Å²) in [5, 5.41) is 2.95. The molecule has 0 saturated heterocycles. The number of hydrogen-bond acceptors (Lipinski definition) is 4. The first-order valence-corrected chi connectivity index (χ1v) is 6.64. The fourth-order valence-electron chi connectivity index (χ4n) is 1.45. The first-order valence-electron chi connectivity index (χ1n) is 5.82. The van der Waals surface area contributed by atoms with Crippen LogP contribution < -0.4 is 5.32 Å². The first kappa shape index (κ1) is 16.0. The second kappa shape index (κ2) is 7.49. The Balaban J connectivity index is 2.21. The van der Waals surface area contributed by atoms with E-state index in [-0.39, 0.29) is 18.8 Å². The van der Waals surface area contributed by atoms with Crippen LogP contribution in [0.3, 0.4) is 0 Å². The number of halogens is 3. The van der Waals surface area contributed by atoms with Crippen molar-refractivity contribution in [2.75, 3.05) is 13.7 Å². The number of methoxy groups -OCH3 is 1. The molecule has 19 heavy (non-hydrogen) atoms. The summed E-state index contributed by atoms with van der Waals surface area (Å²) in [6, 6.07) is 3.69. The van der Waals surface area contributed by atoms with Crippen LogP contribution in [0.5, 0.6) is 0 Å². The van der Waals surface area contributed by atoms with Crippen LogP contribution in [0, 0.1) is 0 Å². The van der Waals surface area contributed by atoms with Crippen LogP contribution >= 0.6 is 11.3 Å². The van der Waals surface area contributed by atoms with Crippen molar-refractivity contribution in [2.24, 2.45) is 0 Å². The average Bonchev–Trinajstić information content (AvgIpc) is 2.74. The van der Waals surface area contributed by atoms with Crippen LogP contribution in [-0.4, -0.2) is 25.8 Å². The fourth-order valence-corrected chi connectivity index (χ4v) is 2.43. The number of carbonyl (C=O) groups is 1. The Morgan fingerprint density at radius 2 is 2.05 bits per heavy atom. The quantitative estimate of drug-likeness (QED) is 0.621. The third kappa shape index (κ3) is 7.17. The lowest BCUT2D eigenvalue weighted by Crippen LogP contribution is -2.17. The highest BCUT2D eigenvalue weighted by Gasteiger charge is 2.25. The van der Waals surface area contributed by atoms with Gasteiger partial charge in [0, 0.05) is 22.7 Å². The van der Waals surface area contributed by atoms with E-state index in [2.05, 4.69) is 10.1 Å². The van der Waals surface area contributed by atoms with Crippen molar-refractivity contribution in [2.45, 2.75) is 32.0 Å². The standard InChI is InChI=1S/C12H16F3NO2S/c1-18-11(17)7-9-3-4-10(19-9)8-16-6-2-5-12(13,14)15/h3-4,16H,2,5-8H2,1H3. The van der Waals surface area contributed by atoms with Crippen LogP contribution in [0.15, 0.2) is 12.1 Å². The summed E-state index contributed by atoms with van der Waals surface area (Å²) in [7, 11) is 1.33. The Bertz CT molecular complexity index is 404. The maximum absolute atomic E-state index is 11.9. The first-order chi connectivity index (χ1) is 8.90. The number of esters is 1. The molecule has 0 spiro atoms. The zero-order chi connectivity index (χ0) is 14.3. The van der Waals surface area contributed by atoms with E-state index < -0.39 is 12.6 Å². The Hall–Kier alpha value is -1.08. The van der Waals surface area contributed by atoms with Crippen molar-refractivity contribution in [3.63, 3.8) is 0 Å². The molecule has 1 heterocycles. The van der Waals surface area contributed by atoms with Gasteiger partial charge in [-0.15, -0.1) is 11.3 Å². The maximum atomic E-state index is 11.9. The monoisotopic (exact) mass is 295 g/mol. The van der Waals surface area contributed by atoms with Crippen molar-refractivity contribution in [1.82, 2.24) is 5.32 Å². The van der Waals surface area contributed by atoms with Gasteiger partial charge in [0.15, 0.2) is 0 Å². The van der Waals surface area contributed by atoms with E-state index in [1.165, 1.54) is 18.4 Å². The van der Waals surface area contributed by atoms with Gasteiger partial charge in [0.2, 0.25) is 0 Å². The van der Waals surface area contributed by atoms with Gasteiger partial charge >= 0.3 is 12.1 Å². The van der Waals surface area contributed by atoms with Crippen molar-refractivity contribution in [3.8, 4) is 0 Å². The third-order valence-electron chi connectivity index (χ3n) is 2.38. The van der Waals surface area contributed by atoms with Crippen LogP contribution in [-0.2, 0) is 22.5 Å². The molecule has 0 aliphatic carbocycles. The largest absolute Gasteiger partial charge is 0.469 e. The summed E-state index contributed by atoms with van der Waals surface area (Å²) in [6.45, 7) is 0.841. The minimum Gasteiger partial charge on any atom is -0.469 e. The maximum Gasteiger partial charge on any atom is 0.389 e. The normalized spacial score (nSPS) is 11.6. The molecule has 0 bridgehead atoms. The molecule has 0 fully saturated rings. The number of alkyl halides is 3. The molecule has 0 aliphatic heterocycles. The smallest absolute Gasteiger partial charge is 0.389 e. The van der Waals surface area contributed by atoms with Gasteiger partial charge < -0.3 is 10.1 Å². The molecule has 1 aromatic rings. The Kier molecular flexibility index (Phi) is 6.30. The van der Waals surface area contributed by atoms with E-state index in [0.717, 1.165) is 9.75 Å². The van der Waals surface area contributed by atoms with Gasteiger partial charge in [-0.3, -0.25) is 4.79 Å². The Morgan fingerprint density at radius 1 is 1.37 bits per heavy atom. The van der Waals surface area contributed by atoms with E-state index in [0.29, 0.717) is 13.1 Å². The summed E-state index contributed by atoms with van der Waals surface area (Å²) in [6.07, 6.45) is -4.55. The van der Waals surface area contributed by atoms with E-state index in [1.54, 1.807) is 0 Å². The van der Waals surface area contributed by atoms with Gasteiger partial charge in [0.1, 0.15) is 0 Å². The summed E-state index contributed by atoms with van der Waals surface area (Å²) >= 11 is 1.45. The van der Waals surface area contributed by atoms with Crippen molar-refractivity contribution < 1.29 is 22.7 Å². The number of rotatable bonds is 7. The van der Waals surface area contributed by atoms with Gasteiger partial charge in [0.05, 0.1) is 13.5 Å². The topological polar surface area (TPSA) is 38.3 Å². The van der Waals surface area contributed by atoms with E-state index >= 15 is 0 Å². The summed E-state index contributed by atoms with van der Waals surface area (Å²) in [5.74, 6) is -0.300. The highest BCUT2D eigenvalue weighted by Crippen LogP contribution is 2.21. The number of nitrogens with one attached hydrogen (secondary N) is 1. The van der Waals surface area contributed by atoms with E-state index in [4.69, 9.17) is 0 Å². The van der Waals surface area contributed by atoms with Gasteiger partial charge in [-0.25, -0.2) is 0 Å².